The zero-order valence-electron chi connectivity index (χ0n) is 17.8. The Morgan fingerprint density at radius 3 is 2.42 bits per heavy atom. The molecule has 4 nitrogen and oxygen atoms in total. The lowest BCUT2D eigenvalue weighted by Gasteiger charge is -2.12. The van der Waals surface area contributed by atoms with E-state index in [1.807, 2.05) is 25.1 Å². The summed E-state index contributed by atoms with van der Waals surface area (Å²) in [6, 6.07) is 12.3. The van der Waals surface area contributed by atoms with Crippen molar-refractivity contribution in [1.29, 1.82) is 0 Å². The Hall–Kier alpha value is -1.55. The van der Waals surface area contributed by atoms with E-state index >= 15 is 0 Å². The number of aryl methyl sites for hydroxylation is 2. The zero-order valence-corrected chi connectivity index (χ0v) is 22.1. The molecule has 0 spiro atoms. The SMILES string of the molecule is C=CN1CCC(C(=O)c2cc(I)ccc2C)C1=O.Cc1ccc(I)cc1C1=NCCC1. The van der Waals surface area contributed by atoms with Gasteiger partial charge in [-0.3, -0.25) is 14.6 Å². The van der Waals surface area contributed by atoms with Crippen LogP contribution in [0.25, 0.3) is 0 Å². The molecule has 4 rings (SSSR count). The average Bonchev–Trinajstić information content (AvgIpc) is 3.41. The smallest absolute Gasteiger partial charge is 0.237 e. The minimum Gasteiger partial charge on any atom is -0.319 e. The molecule has 2 aliphatic rings. The van der Waals surface area contributed by atoms with Gasteiger partial charge >= 0.3 is 0 Å². The third-order valence-corrected chi connectivity index (χ3v) is 6.97. The van der Waals surface area contributed by atoms with Crippen LogP contribution in [-0.2, 0) is 4.79 Å². The number of rotatable bonds is 4. The minimum absolute atomic E-state index is 0.0691. The van der Waals surface area contributed by atoms with Crippen LogP contribution in [0, 0.1) is 26.9 Å². The highest BCUT2D eigenvalue weighted by molar-refractivity contribution is 14.1. The van der Waals surface area contributed by atoms with Crippen LogP contribution in [0.5, 0.6) is 0 Å². The van der Waals surface area contributed by atoms with E-state index in [0.717, 1.165) is 22.1 Å². The van der Waals surface area contributed by atoms with Gasteiger partial charge in [-0.2, -0.15) is 0 Å². The van der Waals surface area contributed by atoms with Crippen molar-refractivity contribution in [2.45, 2.75) is 33.1 Å². The molecular weight excluding hydrogens is 614 g/mol. The summed E-state index contributed by atoms with van der Waals surface area (Å²) in [6.45, 7) is 9.24. The number of aliphatic imine (C=N–C) groups is 1. The van der Waals surface area contributed by atoms with Gasteiger partial charge in [0.25, 0.3) is 0 Å². The number of hydrogen-bond acceptors (Lipinski definition) is 3. The Morgan fingerprint density at radius 2 is 1.81 bits per heavy atom. The second-order valence-corrected chi connectivity index (χ2v) is 10.3. The van der Waals surface area contributed by atoms with Crippen LogP contribution in [0.4, 0.5) is 0 Å². The standard InChI is InChI=1S/C14H14INO2.C11H12IN/c1-3-16-7-6-11(14(16)18)13(17)12-8-10(15)5-4-9(12)2;1-8-4-5-9(12)7-10(8)11-3-2-6-13-11/h3-5,8,11H,1,6-7H2,2H3;4-5,7H,2-3,6H2,1H3. The third-order valence-electron chi connectivity index (χ3n) is 5.63. The van der Waals surface area contributed by atoms with Gasteiger partial charge in [0.2, 0.25) is 5.91 Å². The molecule has 6 heteroatoms. The topological polar surface area (TPSA) is 49.7 Å². The number of carbonyl (C=O) groups is 2. The van der Waals surface area contributed by atoms with Crippen molar-refractivity contribution in [3.63, 3.8) is 0 Å². The van der Waals surface area contributed by atoms with Crippen molar-refractivity contribution in [2.75, 3.05) is 13.1 Å². The first-order chi connectivity index (χ1) is 14.8. The van der Waals surface area contributed by atoms with E-state index in [0.29, 0.717) is 18.5 Å². The number of ketones is 1. The molecule has 2 aliphatic heterocycles. The van der Waals surface area contributed by atoms with Gasteiger partial charge in [-0.1, -0.05) is 18.7 Å². The summed E-state index contributed by atoms with van der Waals surface area (Å²) in [5, 5.41) is 0. The molecule has 0 bridgehead atoms. The number of benzene rings is 2. The molecule has 162 valence electrons. The van der Waals surface area contributed by atoms with Gasteiger partial charge in [-0.05, 0) is 125 Å². The lowest BCUT2D eigenvalue weighted by molar-refractivity contribution is -0.127. The summed E-state index contributed by atoms with van der Waals surface area (Å²) in [6.07, 6.45) is 4.45. The molecule has 1 fully saturated rings. The number of Topliss-reactive ketones (excluding diaryl/α,β-unsaturated/α-hetero) is 1. The Morgan fingerprint density at radius 1 is 1.13 bits per heavy atom. The van der Waals surface area contributed by atoms with Crippen molar-refractivity contribution in [3.05, 3.63) is 78.6 Å². The van der Waals surface area contributed by atoms with E-state index in [1.165, 1.54) is 37.9 Å². The van der Waals surface area contributed by atoms with Crippen LogP contribution in [0.2, 0.25) is 0 Å². The fraction of sp³-hybridized carbons (Fsp3) is 0.320. The van der Waals surface area contributed by atoms with Gasteiger partial charge in [0.15, 0.2) is 5.78 Å². The number of halogens is 2. The fourth-order valence-corrected chi connectivity index (χ4v) is 4.82. The van der Waals surface area contributed by atoms with Gasteiger partial charge in [-0.25, -0.2) is 0 Å². The molecule has 2 heterocycles. The Labute approximate surface area is 211 Å². The highest BCUT2D eigenvalue weighted by Crippen LogP contribution is 2.25. The number of likely N-dealkylation sites (tertiary alicyclic amines) is 1. The van der Waals surface area contributed by atoms with Crippen molar-refractivity contribution < 1.29 is 9.59 Å². The normalized spacial score (nSPS) is 17.8. The van der Waals surface area contributed by atoms with Crippen LogP contribution in [0.15, 0.2) is 54.2 Å². The van der Waals surface area contributed by atoms with E-state index in [-0.39, 0.29) is 11.7 Å². The summed E-state index contributed by atoms with van der Waals surface area (Å²) in [4.78, 5) is 30.4. The Bertz CT molecular complexity index is 1050. The molecule has 1 atom stereocenters. The van der Waals surface area contributed by atoms with Gasteiger partial charge in [0, 0.05) is 31.5 Å². The largest absolute Gasteiger partial charge is 0.319 e. The van der Waals surface area contributed by atoms with Crippen LogP contribution >= 0.6 is 45.2 Å². The molecule has 0 N–H and O–H groups in total. The van der Waals surface area contributed by atoms with Crippen molar-refractivity contribution in [3.8, 4) is 0 Å². The third kappa shape index (κ3) is 5.83. The van der Waals surface area contributed by atoms with Crippen molar-refractivity contribution >= 4 is 62.6 Å². The molecule has 0 aliphatic carbocycles. The maximum absolute atomic E-state index is 12.4. The lowest BCUT2D eigenvalue weighted by atomic mass is 9.93. The van der Waals surface area contributed by atoms with E-state index in [2.05, 4.69) is 81.9 Å². The summed E-state index contributed by atoms with van der Waals surface area (Å²) in [7, 11) is 0. The van der Waals surface area contributed by atoms with Crippen molar-refractivity contribution in [1.82, 2.24) is 4.90 Å². The van der Waals surface area contributed by atoms with Gasteiger partial charge in [0.05, 0.1) is 0 Å². The molecule has 0 saturated carbocycles. The summed E-state index contributed by atoms with van der Waals surface area (Å²) >= 11 is 4.53. The predicted molar refractivity (Wildman–Crippen MR) is 143 cm³/mol. The molecule has 2 aromatic carbocycles. The van der Waals surface area contributed by atoms with Crippen LogP contribution < -0.4 is 0 Å². The second-order valence-electron chi connectivity index (χ2n) is 7.77. The molecule has 31 heavy (non-hydrogen) atoms. The van der Waals surface area contributed by atoms with Gasteiger partial charge in [0.1, 0.15) is 5.92 Å². The first kappa shape index (κ1) is 24.1. The van der Waals surface area contributed by atoms with E-state index < -0.39 is 5.92 Å². The van der Waals surface area contributed by atoms with E-state index in [4.69, 9.17) is 0 Å². The highest BCUT2D eigenvalue weighted by Gasteiger charge is 2.36. The maximum atomic E-state index is 12.4. The molecule has 2 aromatic rings. The summed E-state index contributed by atoms with van der Waals surface area (Å²) in [5.74, 6) is -0.742. The predicted octanol–water partition coefficient (Wildman–Crippen LogP) is 5.96. The minimum atomic E-state index is -0.542. The number of nitrogens with zero attached hydrogens (tertiary/aromatic N) is 2. The molecule has 0 radical (unpaired) electrons. The van der Waals surface area contributed by atoms with Crippen LogP contribution in [0.3, 0.4) is 0 Å². The summed E-state index contributed by atoms with van der Waals surface area (Å²) < 4.78 is 2.31. The highest BCUT2D eigenvalue weighted by atomic mass is 127. The molecule has 0 aromatic heterocycles. The van der Waals surface area contributed by atoms with Crippen LogP contribution in [-0.4, -0.2) is 35.4 Å². The fourth-order valence-electron chi connectivity index (χ4n) is 3.84. The van der Waals surface area contributed by atoms with Crippen LogP contribution in [0.1, 0.15) is 46.3 Å². The average molecular weight is 640 g/mol. The molecule has 1 saturated heterocycles. The Kier molecular flexibility index (Phi) is 8.43. The number of carbonyl (C=O) groups excluding carboxylic acids is 2. The Balaban J connectivity index is 0.000000185. The molecule has 1 amide bonds. The zero-order chi connectivity index (χ0) is 22.5. The maximum Gasteiger partial charge on any atom is 0.237 e. The monoisotopic (exact) mass is 640 g/mol. The second kappa shape index (κ2) is 10.8. The van der Waals surface area contributed by atoms with Gasteiger partial charge in [-0.15, -0.1) is 0 Å². The first-order valence-corrected chi connectivity index (χ1v) is 12.5. The summed E-state index contributed by atoms with van der Waals surface area (Å²) in [5.41, 5.74) is 5.58. The molecule has 1 unspecified atom stereocenters. The van der Waals surface area contributed by atoms with Crippen molar-refractivity contribution in [2.24, 2.45) is 10.9 Å². The van der Waals surface area contributed by atoms with E-state index in [1.54, 1.807) is 0 Å². The number of amides is 1. The van der Waals surface area contributed by atoms with Gasteiger partial charge < -0.3 is 4.90 Å². The molecular formula is C25H26I2N2O2. The van der Waals surface area contributed by atoms with E-state index in [9.17, 15) is 9.59 Å². The lowest BCUT2D eigenvalue weighted by Crippen LogP contribution is -2.26. The quantitative estimate of drug-likeness (QED) is 0.236. The first-order valence-electron chi connectivity index (χ1n) is 10.3. The number of hydrogen-bond donors (Lipinski definition) is 0.